The molecule has 2 atom stereocenters. The van der Waals surface area contributed by atoms with Crippen molar-refractivity contribution in [2.45, 2.75) is 31.8 Å². The van der Waals surface area contributed by atoms with Crippen LogP contribution in [0.4, 0.5) is 5.82 Å². The van der Waals surface area contributed by atoms with Crippen LogP contribution in [0.5, 0.6) is 5.75 Å². The van der Waals surface area contributed by atoms with Gasteiger partial charge in [0.25, 0.3) is 0 Å². The Morgan fingerprint density at radius 3 is 2.62 bits per heavy atom. The molecular weight excluding hydrogens is 298 g/mol. The first-order valence-electron chi connectivity index (χ1n) is 8.85. The summed E-state index contributed by atoms with van der Waals surface area (Å²) in [6.45, 7) is 4.85. The van der Waals surface area contributed by atoms with Crippen molar-refractivity contribution in [3.63, 3.8) is 0 Å². The van der Waals surface area contributed by atoms with E-state index in [2.05, 4.69) is 40.3 Å². The number of hydrogen-bond donors (Lipinski definition) is 1. The normalized spacial score (nSPS) is 28.6. The zero-order valence-electron chi connectivity index (χ0n) is 14.4. The van der Waals surface area contributed by atoms with Crippen molar-refractivity contribution in [1.82, 2.24) is 9.88 Å². The van der Waals surface area contributed by atoms with E-state index in [9.17, 15) is 0 Å². The lowest BCUT2D eigenvalue weighted by molar-refractivity contribution is 0.0457. The summed E-state index contributed by atoms with van der Waals surface area (Å²) in [5.74, 6) is 2.63. The Morgan fingerprint density at radius 1 is 1.12 bits per heavy atom. The first-order chi connectivity index (χ1) is 11.7. The molecule has 2 bridgehead atoms. The maximum atomic E-state index is 5.30. The Bertz CT molecular complexity index is 690. The summed E-state index contributed by atoms with van der Waals surface area (Å²) in [5, 5.41) is 3.69. The zero-order valence-corrected chi connectivity index (χ0v) is 14.4. The first kappa shape index (κ1) is 15.5. The number of anilines is 1. The molecule has 0 spiro atoms. The molecule has 3 saturated heterocycles. The van der Waals surface area contributed by atoms with E-state index in [1.54, 1.807) is 7.11 Å². The Hall–Kier alpha value is -2.07. The second-order valence-electron chi connectivity index (χ2n) is 6.95. The Balaban J connectivity index is 1.50. The number of benzene rings is 1. The monoisotopic (exact) mass is 323 g/mol. The number of pyridine rings is 1. The fraction of sp³-hybridized carbons (Fsp3) is 0.450. The third-order valence-corrected chi connectivity index (χ3v) is 5.66. The van der Waals surface area contributed by atoms with Gasteiger partial charge in [-0.25, -0.2) is 4.98 Å². The minimum absolute atomic E-state index is 0.516. The molecule has 3 aliphatic rings. The number of ether oxygens (including phenoxy) is 1. The smallest absolute Gasteiger partial charge is 0.126 e. The van der Waals surface area contributed by atoms with Crippen molar-refractivity contribution in [3.05, 3.63) is 42.6 Å². The summed E-state index contributed by atoms with van der Waals surface area (Å²) in [5.41, 5.74) is 2.24. The van der Waals surface area contributed by atoms with Gasteiger partial charge in [0.15, 0.2) is 0 Å². The molecule has 2 aromatic rings. The summed E-state index contributed by atoms with van der Waals surface area (Å²) in [6, 6.07) is 13.4. The van der Waals surface area contributed by atoms with Crippen LogP contribution in [0.25, 0.3) is 11.1 Å². The molecule has 4 heteroatoms. The maximum Gasteiger partial charge on any atom is 0.126 e. The molecule has 4 heterocycles. The van der Waals surface area contributed by atoms with Gasteiger partial charge in [0.1, 0.15) is 11.6 Å². The van der Waals surface area contributed by atoms with E-state index in [1.807, 2.05) is 24.4 Å². The lowest BCUT2D eigenvalue weighted by Gasteiger charge is -2.50. The van der Waals surface area contributed by atoms with E-state index in [0.717, 1.165) is 28.6 Å². The molecule has 3 fully saturated rings. The summed E-state index contributed by atoms with van der Waals surface area (Å²) in [6.07, 6.45) is 4.57. The number of nitrogens with zero attached hydrogens (tertiary/aromatic N) is 2. The van der Waals surface area contributed by atoms with Crippen LogP contribution in [-0.4, -0.2) is 42.2 Å². The van der Waals surface area contributed by atoms with Crippen molar-refractivity contribution < 1.29 is 4.74 Å². The zero-order chi connectivity index (χ0) is 16.5. The number of hydrogen-bond acceptors (Lipinski definition) is 4. The lowest BCUT2D eigenvalue weighted by atomic mass is 9.79. The molecular formula is C20H25N3O. The van der Waals surface area contributed by atoms with Gasteiger partial charge in [-0.05, 0) is 68.6 Å². The minimum atomic E-state index is 0.516. The number of piperidine rings is 3. The summed E-state index contributed by atoms with van der Waals surface area (Å²) in [7, 11) is 1.69. The molecule has 0 amide bonds. The highest BCUT2D eigenvalue weighted by atomic mass is 16.5. The average Bonchev–Trinajstić information content (AvgIpc) is 2.65. The average molecular weight is 323 g/mol. The number of rotatable bonds is 4. The van der Waals surface area contributed by atoms with Crippen LogP contribution < -0.4 is 10.1 Å². The maximum absolute atomic E-state index is 5.30. The molecule has 1 aromatic heterocycles. The van der Waals surface area contributed by atoms with Gasteiger partial charge in [-0.15, -0.1) is 0 Å². The Kier molecular flexibility index (Phi) is 4.15. The molecule has 1 aromatic carbocycles. The van der Waals surface area contributed by atoms with Gasteiger partial charge in [0, 0.05) is 23.8 Å². The van der Waals surface area contributed by atoms with Crippen LogP contribution in [-0.2, 0) is 0 Å². The van der Waals surface area contributed by atoms with Crippen molar-refractivity contribution in [3.8, 4) is 16.9 Å². The highest BCUT2D eigenvalue weighted by molar-refractivity contribution is 5.65. The first-order valence-corrected chi connectivity index (χ1v) is 8.85. The third kappa shape index (κ3) is 2.86. The lowest BCUT2D eigenvalue weighted by Crippen LogP contribution is -2.59. The van der Waals surface area contributed by atoms with Gasteiger partial charge in [0.2, 0.25) is 0 Å². The molecule has 1 N–H and O–H groups in total. The molecule has 0 unspecified atom stereocenters. The Labute approximate surface area is 143 Å². The van der Waals surface area contributed by atoms with Crippen molar-refractivity contribution >= 4 is 5.82 Å². The molecule has 0 aliphatic carbocycles. The van der Waals surface area contributed by atoms with Gasteiger partial charge >= 0.3 is 0 Å². The van der Waals surface area contributed by atoms with Gasteiger partial charge in [-0.1, -0.05) is 12.1 Å². The van der Waals surface area contributed by atoms with Crippen LogP contribution in [0.1, 0.15) is 19.8 Å². The predicted octanol–water partition coefficient (Wildman–Crippen LogP) is 3.65. The van der Waals surface area contributed by atoms with Crippen molar-refractivity contribution in [2.24, 2.45) is 5.92 Å². The SMILES string of the molecule is COc1cccc(-c2ccc(N[C@H]3C4CCN(CC4)[C@@H]3C)nc2)c1. The molecule has 0 radical (unpaired) electrons. The predicted molar refractivity (Wildman–Crippen MR) is 97.4 cm³/mol. The quantitative estimate of drug-likeness (QED) is 0.932. The third-order valence-electron chi connectivity index (χ3n) is 5.66. The van der Waals surface area contributed by atoms with E-state index < -0.39 is 0 Å². The van der Waals surface area contributed by atoms with Crippen LogP contribution in [0.15, 0.2) is 42.6 Å². The summed E-state index contributed by atoms with van der Waals surface area (Å²) >= 11 is 0. The topological polar surface area (TPSA) is 37.4 Å². The molecule has 5 rings (SSSR count). The number of fused-ring (bicyclic) bond motifs is 3. The van der Waals surface area contributed by atoms with Crippen LogP contribution in [0, 0.1) is 5.92 Å². The molecule has 126 valence electrons. The van der Waals surface area contributed by atoms with Crippen LogP contribution in [0.3, 0.4) is 0 Å². The van der Waals surface area contributed by atoms with Gasteiger partial charge < -0.3 is 10.1 Å². The number of aromatic nitrogens is 1. The molecule has 4 nitrogen and oxygen atoms in total. The van der Waals surface area contributed by atoms with E-state index in [4.69, 9.17) is 4.74 Å². The van der Waals surface area contributed by atoms with Crippen molar-refractivity contribution in [1.29, 1.82) is 0 Å². The molecule has 3 aliphatic heterocycles. The second kappa shape index (κ2) is 6.44. The van der Waals surface area contributed by atoms with Gasteiger partial charge in [-0.2, -0.15) is 0 Å². The number of nitrogens with one attached hydrogen (secondary N) is 1. The van der Waals surface area contributed by atoms with Gasteiger partial charge in [-0.3, -0.25) is 4.90 Å². The highest BCUT2D eigenvalue weighted by Crippen LogP contribution is 2.34. The van der Waals surface area contributed by atoms with E-state index >= 15 is 0 Å². The summed E-state index contributed by atoms with van der Waals surface area (Å²) in [4.78, 5) is 7.25. The summed E-state index contributed by atoms with van der Waals surface area (Å²) < 4.78 is 5.30. The van der Waals surface area contributed by atoms with Crippen molar-refractivity contribution in [2.75, 3.05) is 25.5 Å². The minimum Gasteiger partial charge on any atom is -0.497 e. The van der Waals surface area contributed by atoms with E-state index in [-0.39, 0.29) is 0 Å². The van der Waals surface area contributed by atoms with Crippen LogP contribution in [0.2, 0.25) is 0 Å². The fourth-order valence-electron chi connectivity index (χ4n) is 4.17. The van der Waals surface area contributed by atoms with E-state index in [0.29, 0.717) is 12.1 Å². The molecule has 0 saturated carbocycles. The Morgan fingerprint density at radius 2 is 1.96 bits per heavy atom. The molecule has 24 heavy (non-hydrogen) atoms. The van der Waals surface area contributed by atoms with Gasteiger partial charge in [0.05, 0.1) is 7.11 Å². The number of methoxy groups -OCH3 is 1. The highest BCUT2D eigenvalue weighted by Gasteiger charge is 2.39. The second-order valence-corrected chi connectivity index (χ2v) is 6.95. The van der Waals surface area contributed by atoms with Crippen LogP contribution >= 0.6 is 0 Å². The fourth-order valence-corrected chi connectivity index (χ4v) is 4.17. The van der Waals surface area contributed by atoms with E-state index in [1.165, 1.54) is 25.9 Å². The standard InChI is InChI=1S/C20H25N3O/c1-14-20(15-8-10-23(14)11-9-15)22-19-7-6-17(13-21-19)16-4-3-5-18(12-16)24-2/h3-7,12-15,20H,8-11H2,1-2H3,(H,21,22)/t14-,20-/m1/s1. The largest absolute Gasteiger partial charge is 0.497 e.